The minimum Gasteiger partial charge on any atom is -0.496 e. The highest BCUT2D eigenvalue weighted by Crippen LogP contribution is 2.31. The Labute approximate surface area is 145 Å². The summed E-state index contributed by atoms with van der Waals surface area (Å²) in [6.45, 7) is 0. The fourth-order valence-electron chi connectivity index (χ4n) is 2.10. The number of rotatable bonds is 6. The van der Waals surface area contributed by atoms with E-state index in [2.05, 4.69) is 0 Å². The van der Waals surface area contributed by atoms with Gasteiger partial charge in [0.2, 0.25) is 0 Å². The lowest BCUT2D eigenvalue weighted by molar-refractivity contribution is 0.387. The Morgan fingerprint density at radius 1 is 1.08 bits per heavy atom. The Balaban J connectivity index is 2.30. The van der Waals surface area contributed by atoms with Crippen LogP contribution in [0.15, 0.2) is 41.8 Å². The molecule has 7 heteroatoms. The second-order valence-corrected chi connectivity index (χ2v) is 7.28. The average molecular weight is 371 g/mol. The van der Waals surface area contributed by atoms with E-state index < -0.39 is 15.7 Å². The second kappa shape index (κ2) is 7.68. The Hall–Kier alpha value is -2.05. The van der Waals surface area contributed by atoms with Crippen molar-refractivity contribution >= 4 is 27.5 Å². The summed E-state index contributed by atoms with van der Waals surface area (Å²) in [6.07, 6.45) is 1.34. The molecule has 2 rings (SSSR count). The maximum absolute atomic E-state index is 13.5. The quantitative estimate of drug-likeness (QED) is 0.768. The minimum absolute atomic E-state index is 0.174. The largest absolute Gasteiger partial charge is 0.496 e. The molecule has 0 aliphatic rings. The van der Waals surface area contributed by atoms with Gasteiger partial charge in [-0.15, -0.1) is 0 Å². The molecular formula is C17H16ClFO4S. The minimum atomic E-state index is -3.53. The highest BCUT2D eigenvalue weighted by Gasteiger charge is 2.13. The van der Waals surface area contributed by atoms with Crippen LogP contribution in [0.2, 0.25) is 5.02 Å². The highest BCUT2D eigenvalue weighted by molar-refractivity contribution is 7.93. The molecule has 0 bridgehead atoms. The maximum atomic E-state index is 13.5. The molecule has 128 valence electrons. The summed E-state index contributed by atoms with van der Waals surface area (Å²) in [5.74, 6) is -0.341. The molecule has 0 unspecified atom stereocenters. The lowest BCUT2D eigenvalue weighted by Crippen LogP contribution is -2.00. The summed E-state index contributed by atoms with van der Waals surface area (Å²) < 4.78 is 48.1. The third kappa shape index (κ3) is 4.72. The SMILES string of the molecule is COc1cc(F)cc(OC)c1/C=C/S(=O)(=O)Cc1ccc(Cl)cc1. The van der Waals surface area contributed by atoms with Gasteiger partial charge in [-0.25, -0.2) is 12.8 Å². The van der Waals surface area contributed by atoms with Crippen molar-refractivity contribution in [1.29, 1.82) is 0 Å². The first kappa shape index (κ1) is 18.3. The van der Waals surface area contributed by atoms with Crippen LogP contribution in [-0.4, -0.2) is 22.6 Å². The van der Waals surface area contributed by atoms with Crippen LogP contribution in [0.1, 0.15) is 11.1 Å². The molecule has 0 spiro atoms. The molecule has 0 saturated carbocycles. The number of methoxy groups -OCH3 is 2. The monoisotopic (exact) mass is 370 g/mol. The van der Waals surface area contributed by atoms with Crippen LogP contribution in [0, 0.1) is 5.82 Å². The Bertz CT molecular complexity index is 820. The van der Waals surface area contributed by atoms with Crippen LogP contribution in [-0.2, 0) is 15.6 Å². The predicted octanol–water partition coefficient (Wildman–Crippen LogP) is 4.08. The molecule has 0 amide bonds. The van der Waals surface area contributed by atoms with Crippen molar-refractivity contribution in [3.63, 3.8) is 0 Å². The van der Waals surface area contributed by atoms with E-state index in [4.69, 9.17) is 21.1 Å². The van der Waals surface area contributed by atoms with Crippen LogP contribution >= 0.6 is 11.6 Å². The summed E-state index contributed by atoms with van der Waals surface area (Å²) in [4.78, 5) is 0. The van der Waals surface area contributed by atoms with Crippen molar-refractivity contribution in [2.24, 2.45) is 0 Å². The maximum Gasteiger partial charge on any atom is 0.175 e. The Morgan fingerprint density at radius 2 is 1.62 bits per heavy atom. The van der Waals surface area contributed by atoms with Gasteiger partial charge in [0.25, 0.3) is 0 Å². The summed E-state index contributed by atoms with van der Waals surface area (Å²) in [5, 5.41) is 1.59. The summed E-state index contributed by atoms with van der Waals surface area (Å²) in [6, 6.07) is 8.87. The van der Waals surface area contributed by atoms with Crippen LogP contribution in [0.4, 0.5) is 4.39 Å². The van der Waals surface area contributed by atoms with E-state index in [0.29, 0.717) is 16.1 Å². The van der Waals surface area contributed by atoms with E-state index in [-0.39, 0.29) is 17.3 Å². The fourth-order valence-corrected chi connectivity index (χ4v) is 3.33. The van der Waals surface area contributed by atoms with Gasteiger partial charge < -0.3 is 9.47 Å². The van der Waals surface area contributed by atoms with Gasteiger partial charge in [-0.05, 0) is 23.8 Å². The van der Waals surface area contributed by atoms with E-state index in [9.17, 15) is 12.8 Å². The number of ether oxygens (including phenoxy) is 2. The van der Waals surface area contributed by atoms with Gasteiger partial charge >= 0.3 is 0 Å². The second-order valence-electron chi connectivity index (χ2n) is 4.96. The first-order valence-corrected chi connectivity index (χ1v) is 9.01. The molecule has 0 aliphatic heterocycles. The molecule has 0 atom stereocenters. The number of halogens is 2. The van der Waals surface area contributed by atoms with E-state index >= 15 is 0 Å². The van der Waals surface area contributed by atoms with Crippen LogP contribution in [0.3, 0.4) is 0 Å². The first-order chi connectivity index (χ1) is 11.3. The molecule has 0 heterocycles. The molecule has 0 N–H and O–H groups in total. The van der Waals surface area contributed by atoms with E-state index in [1.807, 2.05) is 0 Å². The molecular weight excluding hydrogens is 355 g/mol. The van der Waals surface area contributed by atoms with Crippen molar-refractivity contribution in [1.82, 2.24) is 0 Å². The van der Waals surface area contributed by atoms with Gasteiger partial charge in [0.05, 0.1) is 25.5 Å². The lowest BCUT2D eigenvalue weighted by Gasteiger charge is -2.10. The molecule has 0 aromatic heterocycles. The van der Waals surface area contributed by atoms with E-state index in [1.54, 1.807) is 24.3 Å². The topological polar surface area (TPSA) is 52.6 Å². The molecule has 0 fully saturated rings. The molecule has 2 aromatic carbocycles. The molecule has 2 aromatic rings. The van der Waals surface area contributed by atoms with Crippen molar-refractivity contribution < 1.29 is 22.3 Å². The predicted molar refractivity (Wildman–Crippen MR) is 92.6 cm³/mol. The van der Waals surface area contributed by atoms with Crippen molar-refractivity contribution in [3.05, 3.63) is 63.8 Å². The van der Waals surface area contributed by atoms with Crippen molar-refractivity contribution in [2.45, 2.75) is 5.75 Å². The number of hydrogen-bond donors (Lipinski definition) is 0. The van der Waals surface area contributed by atoms with Gasteiger partial charge in [0.1, 0.15) is 17.3 Å². The fraction of sp³-hybridized carbons (Fsp3) is 0.176. The van der Waals surface area contributed by atoms with Gasteiger partial charge in [-0.2, -0.15) is 0 Å². The van der Waals surface area contributed by atoms with E-state index in [0.717, 1.165) is 17.5 Å². The van der Waals surface area contributed by atoms with Gasteiger partial charge in [-0.3, -0.25) is 0 Å². The van der Waals surface area contributed by atoms with Crippen LogP contribution in [0.25, 0.3) is 6.08 Å². The highest BCUT2D eigenvalue weighted by atomic mass is 35.5. The Morgan fingerprint density at radius 3 is 2.12 bits per heavy atom. The zero-order chi connectivity index (χ0) is 17.7. The normalized spacial score (nSPS) is 11.7. The van der Waals surface area contributed by atoms with Gasteiger partial charge in [0, 0.05) is 22.6 Å². The van der Waals surface area contributed by atoms with Gasteiger partial charge in [0.15, 0.2) is 9.84 Å². The molecule has 0 saturated heterocycles. The van der Waals surface area contributed by atoms with Crippen molar-refractivity contribution in [2.75, 3.05) is 14.2 Å². The van der Waals surface area contributed by atoms with E-state index in [1.165, 1.54) is 20.3 Å². The smallest absolute Gasteiger partial charge is 0.175 e. The number of benzene rings is 2. The zero-order valence-electron chi connectivity index (χ0n) is 13.1. The molecule has 4 nitrogen and oxygen atoms in total. The van der Waals surface area contributed by atoms with Gasteiger partial charge in [-0.1, -0.05) is 23.7 Å². The number of sulfone groups is 1. The summed E-state index contributed by atoms with van der Waals surface area (Å²) in [5.41, 5.74) is 0.961. The van der Waals surface area contributed by atoms with Crippen molar-refractivity contribution in [3.8, 4) is 11.5 Å². The molecule has 0 radical (unpaired) electrons. The molecule has 24 heavy (non-hydrogen) atoms. The lowest BCUT2D eigenvalue weighted by atomic mass is 10.1. The number of hydrogen-bond acceptors (Lipinski definition) is 4. The third-order valence-electron chi connectivity index (χ3n) is 3.23. The first-order valence-electron chi connectivity index (χ1n) is 6.91. The summed E-state index contributed by atoms with van der Waals surface area (Å²) in [7, 11) is -0.797. The Kier molecular flexibility index (Phi) is 5.85. The standard InChI is InChI=1S/C17H16ClFO4S/c1-22-16-9-14(19)10-17(23-2)15(16)7-8-24(20,21)11-12-3-5-13(18)6-4-12/h3-10H,11H2,1-2H3/b8-7+. The van der Waals surface area contributed by atoms with Crippen LogP contribution < -0.4 is 9.47 Å². The average Bonchev–Trinajstić information content (AvgIpc) is 2.54. The van der Waals surface area contributed by atoms with Crippen LogP contribution in [0.5, 0.6) is 11.5 Å². The zero-order valence-corrected chi connectivity index (χ0v) is 14.7. The third-order valence-corrected chi connectivity index (χ3v) is 4.77. The summed E-state index contributed by atoms with van der Waals surface area (Å²) >= 11 is 5.78. The molecule has 0 aliphatic carbocycles.